The Hall–Kier alpha value is -1.64. The molecule has 1 saturated heterocycles. The van der Waals surface area contributed by atoms with Crippen LogP contribution in [0.4, 0.5) is 11.4 Å². The first-order chi connectivity index (χ1) is 9.94. The predicted molar refractivity (Wildman–Crippen MR) is 82.1 cm³/mol. The molecule has 1 unspecified atom stereocenters. The fourth-order valence-electron chi connectivity index (χ4n) is 2.31. The molecule has 1 fully saturated rings. The van der Waals surface area contributed by atoms with Crippen molar-refractivity contribution < 1.29 is 13.2 Å². The molecule has 1 aromatic carbocycles. The van der Waals surface area contributed by atoms with E-state index in [2.05, 4.69) is 15.4 Å². The van der Waals surface area contributed by atoms with Crippen molar-refractivity contribution >= 4 is 27.5 Å². The van der Waals surface area contributed by atoms with Crippen molar-refractivity contribution in [2.24, 2.45) is 5.14 Å². The summed E-state index contributed by atoms with van der Waals surface area (Å²) in [5.41, 5.74) is 0.837. The van der Waals surface area contributed by atoms with Crippen molar-refractivity contribution in [1.29, 1.82) is 0 Å². The van der Waals surface area contributed by atoms with Gasteiger partial charge in [-0.05, 0) is 37.6 Å². The van der Waals surface area contributed by atoms with Crippen molar-refractivity contribution in [3.8, 4) is 0 Å². The van der Waals surface area contributed by atoms with E-state index in [-0.39, 0.29) is 11.9 Å². The summed E-state index contributed by atoms with van der Waals surface area (Å²) in [5, 5.41) is 10.9. The molecule has 1 atom stereocenters. The quantitative estimate of drug-likeness (QED) is 0.657. The van der Waals surface area contributed by atoms with Crippen molar-refractivity contribution in [1.82, 2.24) is 5.32 Å². The van der Waals surface area contributed by atoms with Gasteiger partial charge in [-0.15, -0.1) is 0 Å². The lowest BCUT2D eigenvalue weighted by Crippen LogP contribution is -2.39. The lowest BCUT2D eigenvalue weighted by Gasteiger charge is -2.16. The fraction of sp³-hybridized carbons (Fsp3) is 0.462. The van der Waals surface area contributed by atoms with Crippen LogP contribution in [-0.4, -0.2) is 26.9 Å². The van der Waals surface area contributed by atoms with Crippen molar-refractivity contribution in [2.75, 3.05) is 16.6 Å². The molecule has 1 amide bonds. The summed E-state index contributed by atoms with van der Waals surface area (Å²) < 4.78 is 24.1. The first-order valence-electron chi connectivity index (χ1n) is 6.89. The molecule has 2 rings (SSSR count). The van der Waals surface area contributed by atoms with E-state index in [9.17, 15) is 13.2 Å². The Morgan fingerprint density at radius 2 is 2.00 bits per heavy atom. The maximum absolute atomic E-state index is 12.2. The van der Waals surface area contributed by atoms with Gasteiger partial charge in [0.05, 0.1) is 11.7 Å². The number of nitrogens with two attached hydrogens (primary N) is 1. The monoisotopic (exact) mass is 312 g/mol. The summed E-state index contributed by atoms with van der Waals surface area (Å²) in [7, 11) is -3.82. The largest absolute Gasteiger partial charge is 0.325 e. The molecule has 7 nitrogen and oxygen atoms in total. The average molecular weight is 312 g/mol. The van der Waals surface area contributed by atoms with Gasteiger partial charge < -0.3 is 10.6 Å². The number of nitrogens with one attached hydrogen (secondary N) is 3. The second-order valence-electron chi connectivity index (χ2n) is 5.07. The van der Waals surface area contributed by atoms with E-state index in [1.165, 1.54) is 6.07 Å². The predicted octanol–water partition coefficient (Wildman–Crippen LogP) is 0.773. The molecule has 1 aliphatic rings. The molecule has 0 aliphatic carbocycles. The van der Waals surface area contributed by atoms with E-state index in [0.29, 0.717) is 11.4 Å². The highest BCUT2D eigenvalue weighted by molar-refractivity contribution is 7.90. The maximum Gasteiger partial charge on any atom is 0.296 e. The van der Waals surface area contributed by atoms with Crippen LogP contribution in [0.15, 0.2) is 24.3 Å². The molecule has 0 saturated carbocycles. The summed E-state index contributed by atoms with van der Waals surface area (Å²) in [6, 6.07) is 6.22. The van der Waals surface area contributed by atoms with Crippen LogP contribution in [-0.2, 0) is 15.0 Å². The van der Waals surface area contributed by atoms with Gasteiger partial charge in [0.1, 0.15) is 0 Å². The van der Waals surface area contributed by atoms with Crippen LogP contribution in [0.3, 0.4) is 0 Å². The fourth-order valence-corrected chi connectivity index (χ4v) is 2.76. The number of anilines is 2. The highest BCUT2D eigenvalue weighted by Crippen LogP contribution is 2.17. The van der Waals surface area contributed by atoms with E-state index < -0.39 is 10.2 Å². The molecular weight excluding hydrogens is 292 g/mol. The Labute approximate surface area is 124 Å². The zero-order chi connectivity index (χ0) is 15.3. The van der Waals surface area contributed by atoms with Gasteiger partial charge in [0.15, 0.2) is 0 Å². The Balaban J connectivity index is 2.01. The Morgan fingerprint density at radius 3 is 2.76 bits per heavy atom. The first-order valence-corrected chi connectivity index (χ1v) is 8.43. The number of amides is 1. The molecule has 8 heteroatoms. The van der Waals surface area contributed by atoms with E-state index >= 15 is 0 Å². The van der Waals surface area contributed by atoms with Crippen LogP contribution >= 0.6 is 0 Å². The number of carbonyl (C=O) groups is 1. The minimum Gasteiger partial charge on any atom is -0.325 e. The molecule has 0 aromatic heterocycles. The van der Waals surface area contributed by atoms with Crippen molar-refractivity contribution in [2.45, 2.75) is 31.7 Å². The van der Waals surface area contributed by atoms with Crippen LogP contribution < -0.4 is 20.5 Å². The zero-order valence-electron chi connectivity index (χ0n) is 11.6. The Kier molecular flexibility index (Phi) is 5.16. The van der Waals surface area contributed by atoms with Gasteiger partial charge in [-0.2, -0.15) is 8.42 Å². The number of rotatable bonds is 4. The third kappa shape index (κ3) is 5.33. The number of benzene rings is 1. The van der Waals surface area contributed by atoms with E-state index in [1.807, 2.05) is 0 Å². The maximum atomic E-state index is 12.2. The summed E-state index contributed by atoms with van der Waals surface area (Å²) in [6.07, 6.45) is 4.04. The molecule has 5 N–H and O–H groups in total. The number of hydrogen-bond acceptors (Lipinski definition) is 4. The van der Waals surface area contributed by atoms with Gasteiger partial charge in [0.25, 0.3) is 10.2 Å². The minimum atomic E-state index is -3.82. The second kappa shape index (κ2) is 6.88. The van der Waals surface area contributed by atoms with Crippen LogP contribution in [0.25, 0.3) is 0 Å². The Bertz CT molecular complexity index is 595. The van der Waals surface area contributed by atoms with Crippen LogP contribution in [0.2, 0.25) is 0 Å². The molecule has 21 heavy (non-hydrogen) atoms. The third-order valence-corrected chi connectivity index (χ3v) is 3.79. The summed E-state index contributed by atoms with van der Waals surface area (Å²) in [6.45, 7) is 0.838. The van der Waals surface area contributed by atoms with E-state index in [4.69, 9.17) is 5.14 Å². The molecule has 1 aliphatic heterocycles. The van der Waals surface area contributed by atoms with E-state index in [1.54, 1.807) is 18.2 Å². The van der Waals surface area contributed by atoms with Crippen LogP contribution in [0.1, 0.15) is 25.7 Å². The topological polar surface area (TPSA) is 113 Å². The molecule has 116 valence electrons. The summed E-state index contributed by atoms with van der Waals surface area (Å²) in [5.74, 6) is -0.107. The molecular formula is C13H20N4O3S. The molecule has 0 bridgehead atoms. The van der Waals surface area contributed by atoms with Crippen LogP contribution in [0, 0.1) is 0 Å². The van der Waals surface area contributed by atoms with Gasteiger partial charge in [0.2, 0.25) is 5.91 Å². The van der Waals surface area contributed by atoms with Gasteiger partial charge in [-0.3, -0.25) is 9.52 Å². The summed E-state index contributed by atoms with van der Waals surface area (Å²) >= 11 is 0. The SMILES string of the molecule is NS(=O)(=O)Nc1cccc(NC(=O)C2CCCCCN2)c1. The second-order valence-corrected chi connectivity index (χ2v) is 6.37. The minimum absolute atomic E-state index is 0.107. The highest BCUT2D eigenvalue weighted by Gasteiger charge is 2.19. The lowest BCUT2D eigenvalue weighted by molar-refractivity contribution is -0.118. The first kappa shape index (κ1) is 15.7. The average Bonchev–Trinajstić information content (AvgIpc) is 2.65. The summed E-state index contributed by atoms with van der Waals surface area (Å²) in [4.78, 5) is 12.2. The van der Waals surface area contributed by atoms with E-state index in [0.717, 1.165) is 32.2 Å². The standard InChI is InChI=1S/C13H20N4O3S/c14-21(19,20)17-11-6-4-5-10(9-11)16-13(18)12-7-2-1-3-8-15-12/h4-6,9,12,15,17H,1-3,7-8H2,(H,16,18)(H2,14,19,20). The van der Waals surface area contributed by atoms with Crippen molar-refractivity contribution in [3.63, 3.8) is 0 Å². The smallest absolute Gasteiger partial charge is 0.296 e. The van der Waals surface area contributed by atoms with Gasteiger partial charge in [-0.25, -0.2) is 5.14 Å². The highest BCUT2D eigenvalue weighted by atomic mass is 32.2. The van der Waals surface area contributed by atoms with Gasteiger partial charge in [0, 0.05) is 5.69 Å². The normalized spacial score (nSPS) is 19.6. The Morgan fingerprint density at radius 1 is 1.24 bits per heavy atom. The lowest BCUT2D eigenvalue weighted by atomic mass is 10.1. The van der Waals surface area contributed by atoms with Crippen LogP contribution in [0.5, 0.6) is 0 Å². The number of hydrogen-bond donors (Lipinski definition) is 4. The van der Waals surface area contributed by atoms with Gasteiger partial charge >= 0.3 is 0 Å². The number of carbonyl (C=O) groups excluding carboxylic acids is 1. The molecule has 0 radical (unpaired) electrons. The van der Waals surface area contributed by atoms with Gasteiger partial charge in [-0.1, -0.05) is 18.9 Å². The third-order valence-electron chi connectivity index (χ3n) is 3.27. The zero-order valence-corrected chi connectivity index (χ0v) is 12.4. The van der Waals surface area contributed by atoms with Crippen molar-refractivity contribution in [3.05, 3.63) is 24.3 Å². The molecule has 1 heterocycles. The molecule has 0 spiro atoms. The molecule has 1 aromatic rings.